The summed E-state index contributed by atoms with van der Waals surface area (Å²) >= 11 is 0. The van der Waals surface area contributed by atoms with E-state index in [1.807, 2.05) is 32.2 Å². The molecule has 0 fully saturated rings. The van der Waals surface area contributed by atoms with Gasteiger partial charge in [0.15, 0.2) is 5.82 Å². The second-order valence-corrected chi connectivity index (χ2v) is 3.81. The zero-order valence-corrected chi connectivity index (χ0v) is 10.1. The second kappa shape index (κ2) is 4.86. The summed E-state index contributed by atoms with van der Waals surface area (Å²) < 4.78 is 7.18. The van der Waals surface area contributed by atoms with Crippen molar-refractivity contribution < 1.29 is 4.74 Å². The van der Waals surface area contributed by atoms with Crippen LogP contribution in [0.5, 0.6) is 5.88 Å². The van der Waals surface area contributed by atoms with E-state index in [9.17, 15) is 0 Å². The third kappa shape index (κ3) is 2.55. The summed E-state index contributed by atoms with van der Waals surface area (Å²) in [5, 5.41) is 4.29. The number of aromatic nitrogens is 3. The normalized spacial score (nSPS) is 10.5. The van der Waals surface area contributed by atoms with E-state index in [0.29, 0.717) is 24.0 Å². The largest absolute Gasteiger partial charge is 0.476 e. The van der Waals surface area contributed by atoms with Gasteiger partial charge in [0.25, 0.3) is 0 Å². The number of pyridine rings is 1. The van der Waals surface area contributed by atoms with Crippen LogP contribution in [0.15, 0.2) is 24.4 Å². The first kappa shape index (κ1) is 11.4. The average Bonchev–Trinajstić information content (AvgIpc) is 2.75. The molecule has 0 aliphatic rings. The zero-order chi connectivity index (χ0) is 12.3. The summed E-state index contributed by atoms with van der Waals surface area (Å²) in [6, 6.07) is 5.52. The number of nitrogen functional groups attached to an aromatic ring is 1. The van der Waals surface area contributed by atoms with E-state index in [1.165, 1.54) is 0 Å². The van der Waals surface area contributed by atoms with Crippen molar-refractivity contribution in [2.75, 3.05) is 12.3 Å². The van der Waals surface area contributed by atoms with Crippen molar-refractivity contribution in [3.8, 4) is 11.7 Å². The lowest BCUT2D eigenvalue weighted by atomic mass is 10.4. The summed E-state index contributed by atoms with van der Waals surface area (Å²) in [6.45, 7) is 4.58. The molecular formula is C12H16N4O. The van der Waals surface area contributed by atoms with Crippen LogP contribution in [-0.2, 0) is 0 Å². The Bertz CT molecular complexity index is 507. The number of ether oxygens (including phenoxy) is 1. The van der Waals surface area contributed by atoms with E-state index < -0.39 is 0 Å². The monoisotopic (exact) mass is 232 g/mol. The molecule has 0 atom stereocenters. The average molecular weight is 232 g/mol. The lowest BCUT2D eigenvalue weighted by Crippen LogP contribution is -2.05. The fourth-order valence-electron chi connectivity index (χ4n) is 1.43. The Balaban J connectivity index is 2.30. The molecule has 0 aromatic carbocycles. The van der Waals surface area contributed by atoms with Crippen molar-refractivity contribution in [1.82, 2.24) is 14.8 Å². The van der Waals surface area contributed by atoms with Gasteiger partial charge in [0.1, 0.15) is 0 Å². The molecule has 0 amide bonds. The molecule has 0 aliphatic heterocycles. The molecule has 2 heterocycles. The van der Waals surface area contributed by atoms with Crippen LogP contribution in [0.1, 0.15) is 19.0 Å². The predicted molar refractivity (Wildman–Crippen MR) is 66.3 cm³/mol. The first-order chi connectivity index (χ1) is 8.20. The van der Waals surface area contributed by atoms with Gasteiger partial charge in [-0.05, 0) is 31.5 Å². The Morgan fingerprint density at radius 2 is 2.18 bits per heavy atom. The molecule has 2 rings (SSSR count). The van der Waals surface area contributed by atoms with E-state index in [1.54, 1.807) is 10.7 Å². The van der Waals surface area contributed by atoms with Gasteiger partial charge >= 0.3 is 0 Å². The molecule has 2 aromatic rings. The highest BCUT2D eigenvalue weighted by atomic mass is 16.5. The molecule has 0 unspecified atom stereocenters. The summed E-state index contributed by atoms with van der Waals surface area (Å²) in [5.41, 5.74) is 7.29. The number of aryl methyl sites for hydroxylation is 1. The number of nitrogens with zero attached hydrogens (tertiary/aromatic N) is 3. The topological polar surface area (TPSA) is 66.0 Å². The predicted octanol–water partition coefficient (Wildman–Crippen LogP) is 1.95. The molecule has 0 aliphatic carbocycles. The van der Waals surface area contributed by atoms with Crippen LogP contribution in [0.3, 0.4) is 0 Å². The van der Waals surface area contributed by atoms with Crippen molar-refractivity contribution in [3.63, 3.8) is 0 Å². The molecule has 17 heavy (non-hydrogen) atoms. The fraction of sp³-hybridized carbons (Fsp3) is 0.333. The van der Waals surface area contributed by atoms with E-state index in [2.05, 4.69) is 10.1 Å². The molecule has 2 N–H and O–H groups in total. The van der Waals surface area contributed by atoms with E-state index in [-0.39, 0.29) is 0 Å². The van der Waals surface area contributed by atoms with Crippen molar-refractivity contribution >= 4 is 5.69 Å². The molecule has 0 saturated heterocycles. The highest BCUT2D eigenvalue weighted by Gasteiger charge is 2.06. The van der Waals surface area contributed by atoms with Crippen LogP contribution in [0.4, 0.5) is 5.69 Å². The van der Waals surface area contributed by atoms with Crippen LogP contribution < -0.4 is 10.5 Å². The third-order valence-electron chi connectivity index (χ3n) is 2.28. The Morgan fingerprint density at radius 1 is 1.35 bits per heavy atom. The van der Waals surface area contributed by atoms with Crippen molar-refractivity contribution in [1.29, 1.82) is 0 Å². The van der Waals surface area contributed by atoms with Gasteiger partial charge in [-0.1, -0.05) is 6.92 Å². The zero-order valence-electron chi connectivity index (χ0n) is 10.1. The Hall–Kier alpha value is -2.04. The molecule has 2 aromatic heterocycles. The van der Waals surface area contributed by atoms with Crippen LogP contribution in [-0.4, -0.2) is 21.4 Å². The van der Waals surface area contributed by atoms with Crippen LogP contribution in [0.25, 0.3) is 5.82 Å². The molecule has 0 radical (unpaired) electrons. The maximum atomic E-state index is 5.80. The highest BCUT2D eigenvalue weighted by Crippen LogP contribution is 2.20. The quantitative estimate of drug-likeness (QED) is 0.874. The maximum Gasteiger partial charge on any atom is 0.239 e. The van der Waals surface area contributed by atoms with E-state index in [0.717, 1.165) is 12.1 Å². The maximum absolute atomic E-state index is 5.80. The van der Waals surface area contributed by atoms with Crippen LogP contribution >= 0.6 is 0 Å². The minimum absolute atomic E-state index is 0.470. The molecule has 5 nitrogen and oxygen atoms in total. The van der Waals surface area contributed by atoms with Crippen molar-refractivity contribution in [2.45, 2.75) is 20.3 Å². The first-order valence-electron chi connectivity index (χ1n) is 5.62. The summed E-state index contributed by atoms with van der Waals surface area (Å²) in [7, 11) is 0. The summed E-state index contributed by atoms with van der Waals surface area (Å²) in [4.78, 5) is 4.35. The SMILES string of the molecule is CCCOc1nc(-n2ccc(C)n2)ccc1N. The lowest BCUT2D eigenvalue weighted by molar-refractivity contribution is 0.307. The molecule has 5 heteroatoms. The molecule has 0 saturated carbocycles. The van der Waals surface area contributed by atoms with Gasteiger partial charge in [0.2, 0.25) is 5.88 Å². The standard InChI is InChI=1S/C12H16N4O/c1-3-8-17-12-10(13)4-5-11(14-12)16-7-6-9(2)15-16/h4-7H,3,8,13H2,1-2H3. The van der Waals surface area contributed by atoms with E-state index in [4.69, 9.17) is 10.5 Å². The number of anilines is 1. The molecular weight excluding hydrogens is 216 g/mol. The van der Waals surface area contributed by atoms with Gasteiger partial charge < -0.3 is 10.5 Å². The van der Waals surface area contributed by atoms with Crippen LogP contribution in [0, 0.1) is 6.92 Å². The molecule has 0 spiro atoms. The minimum Gasteiger partial charge on any atom is -0.476 e. The molecule has 90 valence electrons. The molecule has 0 bridgehead atoms. The van der Waals surface area contributed by atoms with Crippen molar-refractivity contribution in [2.24, 2.45) is 0 Å². The van der Waals surface area contributed by atoms with Gasteiger partial charge in [-0.3, -0.25) is 0 Å². The summed E-state index contributed by atoms with van der Waals surface area (Å²) in [6.07, 6.45) is 2.78. The number of hydrogen-bond donors (Lipinski definition) is 1. The number of nitrogens with two attached hydrogens (primary N) is 1. The smallest absolute Gasteiger partial charge is 0.239 e. The second-order valence-electron chi connectivity index (χ2n) is 3.81. The third-order valence-corrected chi connectivity index (χ3v) is 2.28. The number of hydrogen-bond acceptors (Lipinski definition) is 4. The Morgan fingerprint density at radius 3 is 2.82 bits per heavy atom. The van der Waals surface area contributed by atoms with Crippen molar-refractivity contribution in [3.05, 3.63) is 30.1 Å². The Kier molecular flexibility index (Phi) is 3.27. The van der Waals surface area contributed by atoms with E-state index >= 15 is 0 Å². The highest BCUT2D eigenvalue weighted by molar-refractivity contribution is 5.50. The van der Waals surface area contributed by atoms with Gasteiger partial charge in [-0.2, -0.15) is 10.1 Å². The summed E-state index contributed by atoms with van der Waals surface area (Å²) in [5.74, 6) is 1.18. The lowest BCUT2D eigenvalue weighted by Gasteiger charge is -2.08. The van der Waals surface area contributed by atoms with Crippen LogP contribution in [0.2, 0.25) is 0 Å². The van der Waals surface area contributed by atoms with Gasteiger partial charge in [-0.15, -0.1) is 0 Å². The minimum atomic E-state index is 0.470. The van der Waals surface area contributed by atoms with Gasteiger partial charge in [-0.25, -0.2) is 4.68 Å². The first-order valence-corrected chi connectivity index (χ1v) is 5.62. The fourth-order valence-corrected chi connectivity index (χ4v) is 1.43. The Labute approximate surface area is 100 Å². The van der Waals surface area contributed by atoms with Gasteiger partial charge in [0, 0.05) is 6.20 Å². The number of rotatable bonds is 4. The van der Waals surface area contributed by atoms with Gasteiger partial charge in [0.05, 0.1) is 18.0 Å².